The first-order valence-corrected chi connectivity index (χ1v) is 9.76. The fourth-order valence-electron chi connectivity index (χ4n) is 2.47. The van der Waals surface area contributed by atoms with Crippen molar-refractivity contribution < 1.29 is 9.53 Å². The summed E-state index contributed by atoms with van der Waals surface area (Å²) >= 11 is -0.0592. The van der Waals surface area contributed by atoms with E-state index in [2.05, 4.69) is 27.1 Å². The van der Waals surface area contributed by atoms with Gasteiger partial charge in [-0.15, -0.1) is 0 Å². The van der Waals surface area contributed by atoms with Crippen molar-refractivity contribution in [2.75, 3.05) is 12.4 Å². The molecule has 0 aliphatic rings. The van der Waals surface area contributed by atoms with Gasteiger partial charge in [0, 0.05) is 0 Å². The van der Waals surface area contributed by atoms with E-state index in [0.717, 1.165) is 23.0 Å². The zero-order valence-corrected chi connectivity index (χ0v) is 16.0. The van der Waals surface area contributed by atoms with Gasteiger partial charge in [0.1, 0.15) is 0 Å². The first kappa shape index (κ1) is 18.0. The third-order valence-electron chi connectivity index (χ3n) is 3.71. The summed E-state index contributed by atoms with van der Waals surface area (Å²) in [4.78, 5) is 17.0. The van der Waals surface area contributed by atoms with Crippen LogP contribution in [0.4, 0.5) is 4.69 Å². The molecule has 3 rings (SSSR count). The Morgan fingerprint density at radius 1 is 1.27 bits per heavy atom. The standard InChI is InChI=1S/C19H18N4O2Se/c1-3-4-9-17-22-23-19(26-17)21-18(24)14-10-11-20-12-15(14)13-7-5-6-8-16(13)25-2/h3,5-8,10-12H,1,4,9H2,2H3,(H,21,23,24). The molecule has 0 unspecified atom stereocenters. The van der Waals surface area contributed by atoms with Crippen molar-refractivity contribution in [1.82, 2.24) is 15.2 Å². The summed E-state index contributed by atoms with van der Waals surface area (Å²) < 4.78 is 7.03. The Hall–Kier alpha value is -2.76. The molecule has 6 nitrogen and oxygen atoms in total. The third-order valence-corrected chi connectivity index (χ3v) is 5.60. The number of anilines is 1. The molecule has 0 aliphatic heterocycles. The molecule has 0 saturated heterocycles. The van der Waals surface area contributed by atoms with E-state index in [1.54, 1.807) is 25.6 Å². The van der Waals surface area contributed by atoms with E-state index >= 15 is 0 Å². The van der Waals surface area contributed by atoms with E-state index in [1.807, 2.05) is 30.3 Å². The van der Waals surface area contributed by atoms with Crippen molar-refractivity contribution in [3.8, 4) is 16.9 Å². The summed E-state index contributed by atoms with van der Waals surface area (Å²) in [7, 11) is 1.60. The van der Waals surface area contributed by atoms with E-state index in [4.69, 9.17) is 4.74 Å². The fourth-order valence-corrected chi connectivity index (χ4v) is 4.04. The van der Waals surface area contributed by atoms with E-state index in [0.29, 0.717) is 21.6 Å². The number of rotatable bonds is 7. The van der Waals surface area contributed by atoms with Gasteiger partial charge in [0.15, 0.2) is 0 Å². The number of carbonyl (C=O) groups excluding carboxylic acids is 1. The van der Waals surface area contributed by atoms with Crippen molar-refractivity contribution in [3.05, 3.63) is 65.5 Å². The molecule has 0 radical (unpaired) electrons. The molecule has 3 aromatic rings. The van der Waals surface area contributed by atoms with Crippen LogP contribution in [0.1, 0.15) is 21.3 Å². The minimum atomic E-state index is -0.228. The second-order valence-electron chi connectivity index (χ2n) is 5.40. The topological polar surface area (TPSA) is 77.0 Å². The quantitative estimate of drug-likeness (QED) is 0.476. The van der Waals surface area contributed by atoms with Gasteiger partial charge in [-0.1, -0.05) is 0 Å². The van der Waals surface area contributed by atoms with Gasteiger partial charge < -0.3 is 0 Å². The van der Waals surface area contributed by atoms with Crippen LogP contribution in [0.5, 0.6) is 5.75 Å². The molecule has 26 heavy (non-hydrogen) atoms. The zero-order valence-electron chi connectivity index (χ0n) is 14.3. The second-order valence-corrected chi connectivity index (χ2v) is 7.63. The Morgan fingerprint density at radius 2 is 2.12 bits per heavy atom. The van der Waals surface area contributed by atoms with Gasteiger partial charge in [-0.2, -0.15) is 0 Å². The average Bonchev–Trinajstić information content (AvgIpc) is 3.13. The van der Waals surface area contributed by atoms with Crippen LogP contribution < -0.4 is 10.1 Å². The SMILES string of the molecule is C=CCCc1nnc(NC(=O)c2ccncc2-c2ccccc2OC)[se]1. The van der Waals surface area contributed by atoms with Crippen LogP contribution in [0.2, 0.25) is 0 Å². The summed E-state index contributed by atoms with van der Waals surface area (Å²) in [6.07, 6.45) is 6.81. The number of methoxy groups -OCH3 is 1. The minimum absolute atomic E-state index is 0.0592. The van der Waals surface area contributed by atoms with E-state index in [1.165, 1.54) is 0 Å². The van der Waals surface area contributed by atoms with Crippen molar-refractivity contribution in [2.24, 2.45) is 0 Å². The van der Waals surface area contributed by atoms with Gasteiger partial charge in [0.25, 0.3) is 0 Å². The Labute approximate surface area is 157 Å². The molecule has 1 amide bonds. The molecule has 2 heterocycles. The van der Waals surface area contributed by atoms with Gasteiger partial charge in [-0.3, -0.25) is 0 Å². The molecule has 1 N–H and O–H groups in total. The summed E-state index contributed by atoms with van der Waals surface area (Å²) in [5.74, 6) is 0.459. The first-order chi connectivity index (χ1) is 12.7. The van der Waals surface area contributed by atoms with Crippen LogP contribution in [0.25, 0.3) is 11.1 Å². The van der Waals surface area contributed by atoms with Crippen LogP contribution in [0.15, 0.2) is 55.4 Å². The molecule has 132 valence electrons. The number of aromatic nitrogens is 3. The number of aryl methyl sites for hydroxylation is 1. The monoisotopic (exact) mass is 414 g/mol. The van der Waals surface area contributed by atoms with E-state index in [9.17, 15) is 4.79 Å². The number of hydrogen-bond donors (Lipinski definition) is 1. The Morgan fingerprint density at radius 3 is 2.92 bits per heavy atom. The normalized spacial score (nSPS) is 10.3. The number of para-hydroxylation sites is 1. The van der Waals surface area contributed by atoms with Gasteiger partial charge in [-0.25, -0.2) is 0 Å². The number of benzene rings is 1. The zero-order chi connectivity index (χ0) is 18.4. The van der Waals surface area contributed by atoms with Crippen molar-refractivity contribution in [2.45, 2.75) is 12.8 Å². The fraction of sp³-hybridized carbons (Fsp3) is 0.158. The third kappa shape index (κ3) is 4.07. The molecule has 0 atom stereocenters. The molecule has 0 aliphatic carbocycles. The van der Waals surface area contributed by atoms with Gasteiger partial charge in [0.05, 0.1) is 0 Å². The van der Waals surface area contributed by atoms with E-state index in [-0.39, 0.29) is 20.4 Å². The number of pyridine rings is 1. The van der Waals surface area contributed by atoms with Crippen molar-refractivity contribution in [3.63, 3.8) is 0 Å². The molecule has 7 heteroatoms. The Balaban J connectivity index is 1.86. The predicted octanol–water partition coefficient (Wildman–Crippen LogP) is 2.98. The van der Waals surface area contributed by atoms with Crippen molar-refractivity contribution >= 4 is 25.1 Å². The van der Waals surface area contributed by atoms with Crippen LogP contribution in [0.3, 0.4) is 0 Å². The number of carbonyl (C=O) groups is 1. The van der Waals surface area contributed by atoms with Crippen LogP contribution >= 0.6 is 0 Å². The molecule has 0 bridgehead atoms. The number of nitrogens with one attached hydrogen (secondary N) is 1. The van der Waals surface area contributed by atoms with Crippen molar-refractivity contribution in [1.29, 1.82) is 0 Å². The number of amides is 1. The van der Waals surface area contributed by atoms with Crippen LogP contribution in [-0.4, -0.2) is 42.7 Å². The summed E-state index contributed by atoms with van der Waals surface area (Å²) in [5, 5.41) is 11.1. The molecular formula is C19H18N4O2Se. The number of ether oxygens (including phenoxy) is 1. The maximum atomic E-state index is 12.8. The molecule has 0 saturated carbocycles. The maximum absolute atomic E-state index is 12.8. The van der Waals surface area contributed by atoms with Crippen LogP contribution in [-0.2, 0) is 6.42 Å². The molecule has 2 aromatic heterocycles. The summed E-state index contributed by atoms with van der Waals surface area (Å²) in [6, 6.07) is 9.24. The number of nitrogens with zero attached hydrogens (tertiary/aromatic N) is 3. The predicted molar refractivity (Wildman–Crippen MR) is 102 cm³/mol. The Kier molecular flexibility index (Phi) is 5.94. The first-order valence-electron chi connectivity index (χ1n) is 8.05. The number of hydrogen-bond acceptors (Lipinski definition) is 5. The molecule has 0 spiro atoms. The summed E-state index contributed by atoms with van der Waals surface area (Å²) in [6.45, 7) is 3.71. The van der Waals surface area contributed by atoms with E-state index < -0.39 is 0 Å². The second kappa shape index (κ2) is 8.56. The van der Waals surface area contributed by atoms with Gasteiger partial charge in [0.2, 0.25) is 0 Å². The number of allylic oxidation sites excluding steroid dienone is 1. The van der Waals surface area contributed by atoms with Gasteiger partial charge >= 0.3 is 157 Å². The summed E-state index contributed by atoms with van der Waals surface area (Å²) in [5.41, 5.74) is 2.04. The average molecular weight is 413 g/mol. The molecule has 0 fully saturated rings. The van der Waals surface area contributed by atoms with Crippen LogP contribution in [0, 0.1) is 0 Å². The van der Waals surface area contributed by atoms with Gasteiger partial charge in [-0.05, 0) is 0 Å². The molecule has 1 aromatic carbocycles. The molecular weight excluding hydrogens is 395 g/mol. The Bertz CT molecular complexity index is 923.